The quantitative estimate of drug-likeness (QED) is 0.515. The molecule has 0 heterocycles. The third-order valence-electron chi connectivity index (χ3n) is 2.38. The Labute approximate surface area is 114 Å². The van der Waals surface area contributed by atoms with Gasteiger partial charge in [0.15, 0.2) is 0 Å². The zero-order valence-corrected chi connectivity index (χ0v) is 10.9. The van der Waals surface area contributed by atoms with E-state index in [1.165, 1.54) is 30.0 Å². The third-order valence-corrected chi connectivity index (χ3v) is 3.39. The summed E-state index contributed by atoms with van der Waals surface area (Å²) in [5.41, 5.74) is 5.87. The number of hydrogen-bond acceptors (Lipinski definition) is 3. The number of halogens is 2. The van der Waals surface area contributed by atoms with Crippen molar-refractivity contribution >= 4 is 17.4 Å². The van der Waals surface area contributed by atoms with Gasteiger partial charge in [-0.3, -0.25) is 0 Å². The molecule has 2 aromatic carbocycles. The summed E-state index contributed by atoms with van der Waals surface area (Å²) >= 11 is 1.35. The molecule has 0 bridgehead atoms. The number of rotatable bonds is 5. The molecule has 0 aliphatic heterocycles. The first-order valence-corrected chi connectivity index (χ1v) is 6.70. The van der Waals surface area contributed by atoms with Crippen LogP contribution >= 0.6 is 11.8 Å². The highest BCUT2D eigenvalue weighted by Gasteiger charge is 2.03. The van der Waals surface area contributed by atoms with Crippen LogP contribution < -0.4 is 10.5 Å². The summed E-state index contributed by atoms with van der Waals surface area (Å²) in [6.45, 7) is 0.417. The van der Waals surface area contributed by atoms with Crippen molar-refractivity contribution in [2.45, 2.75) is 4.90 Å². The second kappa shape index (κ2) is 6.43. The molecule has 0 aliphatic carbocycles. The maximum atomic E-state index is 13.5. The predicted octanol–water partition coefficient (Wildman–Crippen LogP) is 3.72. The molecule has 0 radical (unpaired) electrons. The number of nitrogen functional groups attached to an aromatic ring is 1. The summed E-state index contributed by atoms with van der Waals surface area (Å²) in [7, 11) is 0. The molecule has 0 amide bonds. The van der Waals surface area contributed by atoms with Crippen LogP contribution in [0.4, 0.5) is 14.5 Å². The van der Waals surface area contributed by atoms with Crippen molar-refractivity contribution < 1.29 is 13.5 Å². The minimum Gasteiger partial charge on any atom is -0.493 e. The Hall–Kier alpha value is -1.75. The molecule has 0 saturated heterocycles. The topological polar surface area (TPSA) is 35.2 Å². The number of anilines is 1. The van der Waals surface area contributed by atoms with Crippen molar-refractivity contribution in [2.75, 3.05) is 18.1 Å². The number of ether oxygens (including phenoxy) is 1. The van der Waals surface area contributed by atoms with Crippen molar-refractivity contribution in [2.24, 2.45) is 0 Å². The molecule has 0 atom stereocenters. The van der Waals surface area contributed by atoms with Gasteiger partial charge < -0.3 is 10.5 Å². The zero-order chi connectivity index (χ0) is 13.7. The van der Waals surface area contributed by atoms with E-state index in [1.54, 1.807) is 24.3 Å². The Morgan fingerprint density at radius 2 is 1.79 bits per heavy atom. The van der Waals surface area contributed by atoms with Crippen molar-refractivity contribution in [1.82, 2.24) is 0 Å². The lowest BCUT2D eigenvalue weighted by Crippen LogP contribution is -2.00. The number of thioether (sulfide) groups is 1. The Kier molecular flexibility index (Phi) is 4.63. The largest absolute Gasteiger partial charge is 0.493 e. The molecule has 0 unspecified atom stereocenters. The van der Waals surface area contributed by atoms with Gasteiger partial charge in [-0.25, -0.2) is 8.78 Å². The highest BCUT2D eigenvalue weighted by atomic mass is 32.2. The van der Waals surface area contributed by atoms with Gasteiger partial charge in [0.05, 0.1) is 6.61 Å². The average molecular weight is 281 g/mol. The van der Waals surface area contributed by atoms with Gasteiger partial charge in [0.1, 0.15) is 17.4 Å². The van der Waals surface area contributed by atoms with Crippen molar-refractivity contribution in [3.05, 3.63) is 54.1 Å². The molecular formula is C14H13F2NOS. The Bertz CT molecular complexity index is 546. The van der Waals surface area contributed by atoms with E-state index in [1.807, 2.05) is 0 Å². The van der Waals surface area contributed by atoms with Crippen LogP contribution in [0.5, 0.6) is 5.75 Å². The van der Waals surface area contributed by atoms with Gasteiger partial charge in [0.25, 0.3) is 0 Å². The maximum Gasteiger partial charge on any atom is 0.138 e. The van der Waals surface area contributed by atoms with Gasteiger partial charge in [-0.15, -0.1) is 11.8 Å². The lowest BCUT2D eigenvalue weighted by Gasteiger charge is -2.06. The second-order valence-corrected chi connectivity index (χ2v) is 4.98. The summed E-state index contributed by atoms with van der Waals surface area (Å²) in [5.74, 6) is 0.565. The van der Waals surface area contributed by atoms with Crippen molar-refractivity contribution in [3.63, 3.8) is 0 Å². The molecular weight excluding hydrogens is 268 g/mol. The number of nitrogens with two attached hydrogens (primary N) is 1. The molecule has 2 nitrogen and oxygen atoms in total. The third kappa shape index (κ3) is 4.13. The molecule has 0 saturated carbocycles. The Balaban J connectivity index is 1.79. The first-order valence-electron chi connectivity index (χ1n) is 5.71. The highest BCUT2D eigenvalue weighted by molar-refractivity contribution is 7.99. The molecule has 2 N–H and O–H groups in total. The van der Waals surface area contributed by atoms with Crippen LogP contribution in [0.3, 0.4) is 0 Å². The molecule has 0 fully saturated rings. The van der Waals surface area contributed by atoms with E-state index in [0.29, 0.717) is 28.7 Å². The second-order valence-electron chi connectivity index (χ2n) is 3.84. The van der Waals surface area contributed by atoms with Gasteiger partial charge in [-0.05, 0) is 42.5 Å². The van der Waals surface area contributed by atoms with E-state index < -0.39 is 0 Å². The zero-order valence-electron chi connectivity index (χ0n) is 10.1. The fraction of sp³-hybridized carbons (Fsp3) is 0.143. The lowest BCUT2D eigenvalue weighted by molar-refractivity contribution is 0.343. The van der Waals surface area contributed by atoms with E-state index in [-0.39, 0.29) is 11.6 Å². The summed E-state index contributed by atoms with van der Waals surface area (Å²) in [6.07, 6.45) is 0. The van der Waals surface area contributed by atoms with Gasteiger partial charge in [0.2, 0.25) is 0 Å². The van der Waals surface area contributed by atoms with Crippen LogP contribution in [0.25, 0.3) is 0 Å². The summed E-state index contributed by atoms with van der Waals surface area (Å²) in [5, 5.41) is 0. The van der Waals surface area contributed by atoms with Crippen LogP contribution in [0.1, 0.15) is 0 Å². The average Bonchev–Trinajstić information content (AvgIpc) is 2.39. The highest BCUT2D eigenvalue weighted by Crippen LogP contribution is 2.23. The SMILES string of the molecule is Nc1ccc(SCCOc2ccc(F)cc2)c(F)c1. The first kappa shape index (κ1) is 13.7. The fourth-order valence-corrected chi connectivity index (χ4v) is 2.22. The molecule has 0 spiro atoms. The van der Waals surface area contributed by atoms with Gasteiger partial charge in [-0.1, -0.05) is 0 Å². The Morgan fingerprint density at radius 3 is 2.47 bits per heavy atom. The first-order chi connectivity index (χ1) is 9.15. The van der Waals surface area contributed by atoms with E-state index in [4.69, 9.17) is 10.5 Å². The van der Waals surface area contributed by atoms with Crippen molar-refractivity contribution in [1.29, 1.82) is 0 Å². The number of hydrogen-bond donors (Lipinski definition) is 1. The molecule has 19 heavy (non-hydrogen) atoms. The predicted molar refractivity (Wildman–Crippen MR) is 73.4 cm³/mol. The van der Waals surface area contributed by atoms with E-state index in [2.05, 4.69) is 0 Å². The lowest BCUT2D eigenvalue weighted by atomic mass is 10.3. The normalized spacial score (nSPS) is 10.4. The molecule has 100 valence electrons. The van der Waals surface area contributed by atoms with Crippen LogP contribution in [-0.2, 0) is 0 Å². The van der Waals surface area contributed by atoms with Gasteiger partial charge in [-0.2, -0.15) is 0 Å². The molecule has 0 aliphatic rings. The van der Waals surface area contributed by atoms with E-state index >= 15 is 0 Å². The van der Waals surface area contributed by atoms with Crippen LogP contribution in [0.15, 0.2) is 47.4 Å². The monoisotopic (exact) mass is 281 g/mol. The molecule has 2 aromatic rings. The minimum atomic E-state index is -0.327. The van der Waals surface area contributed by atoms with Gasteiger partial charge in [0, 0.05) is 16.3 Å². The molecule has 5 heteroatoms. The summed E-state index contributed by atoms with van der Waals surface area (Å²) < 4.78 is 31.5. The minimum absolute atomic E-state index is 0.300. The molecule has 0 aromatic heterocycles. The van der Waals surface area contributed by atoms with Crippen molar-refractivity contribution in [3.8, 4) is 5.75 Å². The fourth-order valence-electron chi connectivity index (χ4n) is 1.48. The standard InChI is InChI=1S/C14H13F2NOS/c15-10-1-4-12(5-2-10)18-7-8-19-14-6-3-11(17)9-13(14)16/h1-6,9H,7-8,17H2. The smallest absolute Gasteiger partial charge is 0.138 e. The summed E-state index contributed by atoms with van der Waals surface area (Å²) in [4.78, 5) is 0.539. The van der Waals surface area contributed by atoms with Crippen LogP contribution in [0.2, 0.25) is 0 Å². The Morgan fingerprint density at radius 1 is 1.05 bits per heavy atom. The van der Waals surface area contributed by atoms with E-state index in [9.17, 15) is 8.78 Å². The summed E-state index contributed by atoms with van der Waals surface area (Å²) in [6, 6.07) is 10.4. The van der Waals surface area contributed by atoms with Gasteiger partial charge >= 0.3 is 0 Å². The number of benzene rings is 2. The van der Waals surface area contributed by atoms with Crippen LogP contribution in [-0.4, -0.2) is 12.4 Å². The maximum absolute atomic E-state index is 13.5. The van der Waals surface area contributed by atoms with E-state index in [0.717, 1.165) is 0 Å². The molecule has 2 rings (SSSR count). The van der Waals surface area contributed by atoms with Crippen LogP contribution in [0, 0.1) is 11.6 Å².